The molecule has 0 bridgehead atoms. The molecule has 0 aliphatic rings. The molecule has 1 heterocycles. The number of nitrogens with zero attached hydrogens (tertiary/aromatic N) is 1. The van der Waals surface area contributed by atoms with Gasteiger partial charge in [0.2, 0.25) is 0 Å². The molecule has 0 aliphatic carbocycles. The molecule has 0 saturated carbocycles. The minimum Gasteiger partial charge on any atom is -0.402 e. The second-order valence-corrected chi connectivity index (χ2v) is 5.58. The first kappa shape index (κ1) is 12.6. The maximum absolute atomic E-state index is 5.38. The normalized spacial score (nSPS) is 11.7. The highest BCUT2D eigenvalue weighted by Crippen LogP contribution is 2.49. The number of rotatable bonds is 6. The van der Waals surface area contributed by atoms with Crippen LogP contribution in [0.2, 0.25) is 0 Å². The van der Waals surface area contributed by atoms with E-state index in [0.717, 1.165) is 0 Å². The van der Waals surface area contributed by atoms with Gasteiger partial charge in [-0.05, 0) is 25.9 Å². The number of hydrogen-bond donors (Lipinski definition) is 0. The van der Waals surface area contributed by atoms with Crippen LogP contribution < -0.4 is 4.52 Å². The number of aryl methyl sites for hydroxylation is 1. The highest BCUT2D eigenvalue weighted by Gasteiger charge is 2.22. The van der Waals surface area contributed by atoms with Crippen molar-refractivity contribution < 1.29 is 18.1 Å². The summed E-state index contributed by atoms with van der Waals surface area (Å²) in [7, 11) is 0. The fourth-order valence-corrected chi connectivity index (χ4v) is 2.90. The molecule has 0 N–H and O–H groups in total. The summed E-state index contributed by atoms with van der Waals surface area (Å²) in [5.74, 6) is 0.956. The molecule has 86 valence electrons. The molecule has 0 spiro atoms. The van der Waals surface area contributed by atoms with Crippen LogP contribution in [0.1, 0.15) is 19.6 Å². The Bertz CT molecular complexity index is 344. The quantitative estimate of drug-likeness (QED) is 0.724. The van der Waals surface area contributed by atoms with Crippen molar-refractivity contribution in [3.8, 4) is 5.88 Å². The molecule has 1 aromatic heterocycles. The summed E-state index contributed by atoms with van der Waals surface area (Å²) in [6, 6.07) is 1.64. The van der Waals surface area contributed by atoms with Crippen molar-refractivity contribution >= 4 is 18.5 Å². The van der Waals surface area contributed by atoms with Crippen molar-refractivity contribution in [3.63, 3.8) is 0 Å². The zero-order valence-electron chi connectivity index (χ0n) is 8.93. The molecule has 0 aliphatic heterocycles. The van der Waals surface area contributed by atoms with Crippen LogP contribution in [0, 0.1) is 6.92 Å². The fraction of sp³-hybridized carbons (Fsp3) is 0.625. The van der Waals surface area contributed by atoms with E-state index in [9.17, 15) is 0 Å². The van der Waals surface area contributed by atoms with Gasteiger partial charge in [0.05, 0.1) is 13.2 Å². The van der Waals surface area contributed by atoms with Crippen LogP contribution in [-0.4, -0.2) is 18.4 Å². The molecule has 0 unspecified atom stereocenters. The van der Waals surface area contributed by atoms with E-state index >= 15 is 0 Å². The molecule has 5 nitrogen and oxygen atoms in total. The predicted octanol–water partition coefficient (Wildman–Crippen LogP) is 2.66. The van der Waals surface area contributed by atoms with Gasteiger partial charge in [-0.15, -0.1) is 0 Å². The Morgan fingerprint density at radius 1 is 1.40 bits per heavy atom. The van der Waals surface area contributed by atoms with Crippen LogP contribution in [0.5, 0.6) is 5.88 Å². The van der Waals surface area contributed by atoms with Gasteiger partial charge in [0.25, 0.3) is 5.88 Å². The van der Waals surface area contributed by atoms with E-state index in [1.165, 1.54) is 0 Å². The van der Waals surface area contributed by atoms with E-state index in [1.807, 2.05) is 13.8 Å². The first-order chi connectivity index (χ1) is 7.09. The molecule has 7 heteroatoms. The minimum atomic E-state index is -2.72. The summed E-state index contributed by atoms with van der Waals surface area (Å²) >= 11 is 5.15. The summed E-state index contributed by atoms with van der Waals surface area (Å²) in [6.07, 6.45) is 0. The topological polar surface area (TPSA) is 53.7 Å². The molecule has 15 heavy (non-hydrogen) atoms. The third kappa shape index (κ3) is 3.91. The van der Waals surface area contributed by atoms with Gasteiger partial charge in [-0.25, -0.2) is 0 Å². The number of hydrogen-bond acceptors (Lipinski definition) is 6. The Balaban J connectivity index is 2.70. The summed E-state index contributed by atoms with van der Waals surface area (Å²) < 4.78 is 20.8. The van der Waals surface area contributed by atoms with Crippen LogP contribution in [0.3, 0.4) is 0 Å². The summed E-state index contributed by atoms with van der Waals surface area (Å²) in [4.78, 5) is 0. The van der Waals surface area contributed by atoms with E-state index in [1.54, 1.807) is 13.0 Å². The third-order valence-corrected chi connectivity index (χ3v) is 3.80. The first-order valence-electron chi connectivity index (χ1n) is 4.61. The smallest absolute Gasteiger partial charge is 0.381 e. The van der Waals surface area contributed by atoms with Gasteiger partial charge >= 0.3 is 6.72 Å². The first-order valence-corrected chi connectivity index (χ1v) is 7.17. The summed E-state index contributed by atoms with van der Waals surface area (Å²) in [6.45, 7) is 3.59. The zero-order chi connectivity index (χ0) is 11.3. The van der Waals surface area contributed by atoms with Crippen LogP contribution in [0.15, 0.2) is 10.6 Å². The third-order valence-electron chi connectivity index (χ3n) is 1.39. The fourth-order valence-electron chi connectivity index (χ4n) is 0.907. The van der Waals surface area contributed by atoms with Crippen molar-refractivity contribution in [3.05, 3.63) is 11.8 Å². The second-order valence-electron chi connectivity index (χ2n) is 2.65. The van der Waals surface area contributed by atoms with E-state index in [2.05, 4.69) is 5.16 Å². The summed E-state index contributed by atoms with van der Waals surface area (Å²) in [5, 5.41) is 3.67. The second kappa shape index (κ2) is 5.61. The Morgan fingerprint density at radius 2 is 2.00 bits per heavy atom. The van der Waals surface area contributed by atoms with E-state index in [-0.39, 0.29) is 0 Å². The Morgan fingerprint density at radius 3 is 2.40 bits per heavy atom. The lowest BCUT2D eigenvalue weighted by atomic mass is 10.5. The highest BCUT2D eigenvalue weighted by atomic mass is 32.5. The average molecular weight is 251 g/mol. The van der Waals surface area contributed by atoms with Gasteiger partial charge < -0.3 is 9.05 Å². The molecule has 0 aromatic carbocycles. The summed E-state index contributed by atoms with van der Waals surface area (Å²) in [5.41, 5.74) is 0. The van der Waals surface area contributed by atoms with E-state index in [0.29, 0.717) is 24.9 Å². The lowest BCUT2D eigenvalue weighted by Crippen LogP contribution is -2.02. The van der Waals surface area contributed by atoms with Gasteiger partial charge in [0, 0.05) is 17.9 Å². The maximum Gasteiger partial charge on any atom is 0.381 e. The maximum atomic E-state index is 5.38. The van der Waals surface area contributed by atoms with E-state index in [4.69, 9.17) is 29.9 Å². The van der Waals surface area contributed by atoms with Gasteiger partial charge in [-0.3, -0.25) is 9.05 Å². The lowest BCUT2D eigenvalue weighted by molar-refractivity contribution is 0.213. The minimum absolute atomic E-state index is 0.303. The largest absolute Gasteiger partial charge is 0.402 e. The molecule has 0 radical (unpaired) electrons. The molecular weight excluding hydrogens is 237 g/mol. The standard InChI is InChI=1S/C8H14NO4PS/c1-4-10-14(15,11-5-2)13-8-6-7(3)12-9-8/h6H,4-5H2,1-3H3. The van der Waals surface area contributed by atoms with Gasteiger partial charge in [0.15, 0.2) is 0 Å². The zero-order valence-corrected chi connectivity index (χ0v) is 10.6. The monoisotopic (exact) mass is 251 g/mol. The van der Waals surface area contributed by atoms with E-state index < -0.39 is 6.72 Å². The molecule has 0 atom stereocenters. The Kier molecular flexibility index (Phi) is 4.73. The van der Waals surface area contributed by atoms with Gasteiger partial charge in [-0.1, -0.05) is 0 Å². The van der Waals surface area contributed by atoms with Crippen molar-refractivity contribution in [1.82, 2.24) is 5.16 Å². The highest BCUT2D eigenvalue weighted by molar-refractivity contribution is 8.07. The van der Waals surface area contributed by atoms with Crippen molar-refractivity contribution in [1.29, 1.82) is 0 Å². The molecule has 1 aromatic rings. The molecular formula is C8H14NO4PS. The van der Waals surface area contributed by atoms with Gasteiger partial charge in [-0.2, -0.15) is 0 Å². The number of aromatic nitrogens is 1. The van der Waals surface area contributed by atoms with Crippen LogP contribution in [-0.2, 0) is 20.9 Å². The van der Waals surface area contributed by atoms with Crippen molar-refractivity contribution in [2.24, 2.45) is 0 Å². The molecule has 0 saturated heterocycles. The molecule has 0 fully saturated rings. The van der Waals surface area contributed by atoms with Crippen LogP contribution in [0.25, 0.3) is 0 Å². The SMILES string of the molecule is CCOP(=S)(OCC)Oc1cc(C)on1. The lowest BCUT2D eigenvalue weighted by Gasteiger charge is -2.18. The average Bonchev–Trinajstić information content (AvgIpc) is 2.51. The van der Waals surface area contributed by atoms with Crippen molar-refractivity contribution in [2.45, 2.75) is 20.8 Å². The Hall–Kier alpha value is -0.420. The Labute approximate surface area is 93.9 Å². The van der Waals surface area contributed by atoms with Crippen LogP contribution in [0.4, 0.5) is 0 Å². The molecule has 0 amide bonds. The molecule has 1 rings (SSSR count). The predicted molar refractivity (Wildman–Crippen MR) is 59.4 cm³/mol. The van der Waals surface area contributed by atoms with Crippen molar-refractivity contribution in [2.75, 3.05) is 13.2 Å². The van der Waals surface area contributed by atoms with Gasteiger partial charge in [0.1, 0.15) is 5.76 Å². The van der Waals surface area contributed by atoms with Crippen LogP contribution >= 0.6 is 6.72 Å².